The molecule has 0 spiro atoms. The number of piperazine rings is 1. The number of hydrogen-bond donors (Lipinski definition) is 3. The van der Waals surface area contributed by atoms with Gasteiger partial charge in [-0.05, 0) is 0 Å². The first-order chi connectivity index (χ1) is 9.16. The number of carbonyl (C=O) groups excluding carboxylic acids is 1. The summed E-state index contributed by atoms with van der Waals surface area (Å²) in [5.74, 6) is -1.45. The molecule has 0 saturated carbocycles. The van der Waals surface area contributed by atoms with Gasteiger partial charge in [0.2, 0.25) is 6.10 Å². The van der Waals surface area contributed by atoms with Gasteiger partial charge >= 0.3 is 5.97 Å². The lowest BCUT2D eigenvalue weighted by Crippen LogP contribution is -2.47. The van der Waals surface area contributed by atoms with Crippen molar-refractivity contribution in [2.24, 2.45) is 5.16 Å². The molecule has 1 amide bonds. The van der Waals surface area contributed by atoms with Crippen molar-refractivity contribution < 1.29 is 19.5 Å². The van der Waals surface area contributed by atoms with Gasteiger partial charge in [0.15, 0.2) is 5.71 Å². The minimum Gasteiger partial charge on any atom is -0.477 e. The standard InChI is InChI=1S/C11H18N4O4/c16-10(9-7-8(11(17)18)14-19-9)13-3-6-15-4-1-12-2-5-15/h9,12H,1-7H2,(H,13,16)(H,17,18). The van der Waals surface area contributed by atoms with E-state index in [1.807, 2.05) is 0 Å². The van der Waals surface area contributed by atoms with Crippen LogP contribution in [-0.2, 0) is 14.4 Å². The molecule has 0 aromatic heterocycles. The number of rotatable bonds is 5. The summed E-state index contributed by atoms with van der Waals surface area (Å²) >= 11 is 0. The number of aliphatic carboxylic acids is 1. The maximum absolute atomic E-state index is 11.7. The highest BCUT2D eigenvalue weighted by atomic mass is 16.6. The molecule has 3 N–H and O–H groups in total. The normalized spacial score (nSPS) is 23.6. The van der Waals surface area contributed by atoms with Crippen molar-refractivity contribution in [3.8, 4) is 0 Å². The minimum absolute atomic E-state index is 0.0226. The summed E-state index contributed by atoms with van der Waals surface area (Å²) in [4.78, 5) is 29.4. The summed E-state index contributed by atoms with van der Waals surface area (Å²) in [6, 6.07) is 0. The lowest BCUT2D eigenvalue weighted by Gasteiger charge is -2.27. The first kappa shape index (κ1) is 13.8. The van der Waals surface area contributed by atoms with Crippen LogP contribution in [0.1, 0.15) is 6.42 Å². The van der Waals surface area contributed by atoms with Crippen LogP contribution in [0.25, 0.3) is 0 Å². The molecule has 8 heteroatoms. The van der Waals surface area contributed by atoms with Crippen LogP contribution in [0.15, 0.2) is 5.16 Å². The highest BCUT2D eigenvalue weighted by Crippen LogP contribution is 2.10. The van der Waals surface area contributed by atoms with Crippen LogP contribution in [0.3, 0.4) is 0 Å². The van der Waals surface area contributed by atoms with E-state index in [0.29, 0.717) is 6.54 Å². The van der Waals surface area contributed by atoms with Gasteiger partial charge in [-0.25, -0.2) is 4.79 Å². The van der Waals surface area contributed by atoms with E-state index in [4.69, 9.17) is 9.94 Å². The van der Waals surface area contributed by atoms with Crippen LogP contribution < -0.4 is 10.6 Å². The topological polar surface area (TPSA) is 103 Å². The van der Waals surface area contributed by atoms with Gasteiger partial charge in [0.05, 0.1) is 0 Å². The fourth-order valence-electron chi connectivity index (χ4n) is 2.03. The Morgan fingerprint density at radius 1 is 1.47 bits per heavy atom. The zero-order valence-electron chi connectivity index (χ0n) is 10.6. The van der Waals surface area contributed by atoms with Gasteiger partial charge in [-0.15, -0.1) is 0 Å². The average Bonchev–Trinajstić information content (AvgIpc) is 2.89. The zero-order chi connectivity index (χ0) is 13.7. The maximum Gasteiger partial charge on any atom is 0.353 e. The second-order valence-electron chi connectivity index (χ2n) is 4.52. The first-order valence-electron chi connectivity index (χ1n) is 6.33. The number of nitrogens with one attached hydrogen (secondary N) is 2. The van der Waals surface area contributed by atoms with Crippen molar-refractivity contribution in [2.45, 2.75) is 12.5 Å². The highest BCUT2D eigenvalue weighted by molar-refractivity contribution is 6.36. The summed E-state index contributed by atoms with van der Waals surface area (Å²) in [5, 5.41) is 18.1. The zero-order valence-corrected chi connectivity index (χ0v) is 10.6. The van der Waals surface area contributed by atoms with Crippen molar-refractivity contribution in [1.82, 2.24) is 15.5 Å². The molecule has 2 rings (SSSR count). The molecule has 0 aromatic carbocycles. The van der Waals surface area contributed by atoms with E-state index in [1.165, 1.54) is 0 Å². The van der Waals surface area contributed by atoms with Crippen LogP contribution in [0.2, 0.25) is 0 Å². The number of hydrogen-bond acceptors (Lipinski definition) is 6. The van der Waals surface area contributed by atoms with E-state index in [9.17, 15) is 9.59 Å². The largest absolute Gasteiger partial charge is 0.477 e. The van der Waals surface area contributed by atoms with E-state index in [-0.39, 0.29) is 18.0 Å². The van der Waals surface area contributed by atoms with Crippen molar-refractivity contribution in [3.05, 3.63) is 0 Å². The molecule has 2 aliphatic rings. The third kappa shape index (κ3) is 3.90. The van der Waals surface area contributed by atoms with Crippen molar-refractivity contribution in [3.63, 3.8) is 0 Å². The molecule has 2 heterocycles. The van der Waals surface area contributed by atoms with Gasteiger partial charge in [-0.1, -0.05) is 5.16 Å². The van der Waals surface area contributed by atoms with E-state index in [2.05, 4.69) is 20.7 Å². The molecule has 0 bridgehead atoms. The van der Waals surface area contributed by atoms with Gasteiger partial charge < -0.3 is 20.6 Å². The Morgan fingerprint density at radius 2 is 2.21 bits per heavy atom. The molecule has 1 saturated heterocycles. The quantitative estimate of drug-likeness (QED) is 0.547. The fraction of sp³-hybridized carbons (Fsp3) is 0.727. The summed E-state index contributed by atoms with van der Waals surface area (Å²) in [7, 11) is 0. The molecule has 19 heavy (non-hydrogen) atoms. The van der Waals surface area contributed by atoms with Gasteiger partial charge in [0.25, 0.3) is 5.91 Å². The van der Waals surface area contributed by atoms with Crippen LogP contribution in [0.4, 0.5) is 0 Å². The molecule has 0 aliphatic carbocycles. The SMILES string of the molecule is O=C(O)C1=NOC(C(=O)NCCN2CCNCC2)C1. The monoisotopic (exact) mass is 270 g/mol. The summed E-state index contributed by atoms with van der Waals surface area (Å²) in [5.41, 5.74) is -0.109. The Labute approximate surface area is 110 Å². The molecule has 106 valence electrons. The maximum atomic E-state index is 11.7. The predicted molar refractivity (Wildman–Crippen MR) is 66.9 cm³/mol. The number of carboxylic acid groups (broad SMARTS) is 1. The second-order valence-corrected chi connectivity index (χ2v) is 4.52. The van der Waals surface area contributed by atoms with Gasteiger partial charge in [0, 0.05) is 45.7 Å². The van der Waals surface area contributed by atoms with Crippen LogP contribution in [0, 0.1) is 0 Å². The second kappa shape index (κ2) is 6.48. The van der Waals surface area contributed by atoms with Crippen LogP contribution >= 0.6 is 0 Å². The third-order valence-corrected chi connectivity index (χ3v) is 3.15. The van der Waals surface area contributed by atoms with E-state index in [1.54, 1.807) is 0 Å². The summed E-state index contributed by atoms with van der Waals surface area (Å²) < 4.78 is 0. The number of carbonyl (C=O) groups is 2. The predicted octanol–water partition coefficient (Wildman–Crippen LogP) is -1.76. The van der Waals surface area contributed by atoms with E-state index < -0.39 is 12.1 Å². The van der Waals surface area contributed by atoms with Gasteiger partial charge in [-0.3, -0.25) is 9.69 Å². The molecule has 2 aliphatic heterocycles. The van der Waals surface area contributed by atoms with Crippen molar-refractivity contribution >= 4 is 17.6 Å². The Bertz CT molecular complexity index is 379. The number of amides is 1. The lowest BCUT2D eigenvalue weighted by molar-refractivity contribution is -0.131. The number of carboxylic acids is 1. The fourth-order valence-corrected chi connectivity index (χ4v) is 2.03. The Hall–Kier alpha value is -1.67. The van der Waals surface area contributed by atoms with Gasteiger partial charge in [-0.2, -0.15) is 0 Å². The Kier molecular flexibility index (Phi) is 4.69. The number of nitrogens with zero attached hydrogens (tertiary/aromatic N) is 2. The third-order valence-electron chi connectivity index (χ3n) is 3.15. The molecule has 1 atom stereocenters. The van der Waals surface area contributed by atoms with E-state index >= 15 is 0 Å². The van der Waals surface area contributed by atoms with Crippen molar-refractivity contribution in [1.29, 1.82) is 0 Å². The number of oxime groups is 1. The smallest absolute Gasteiger partial charge is 0.353 e. The molecule has 1 fully saturated rings. The molecular weight excluding hydrogens is 252 g/mol. The van der Waals surface area contributed by atoms with Crippen LogP contribution in [-0.4, -0.2) is 73.0 Å². The molecule has 0 aromatic rings. The Morgan fingerprint density at radius 3 is 2.84 bits per heavy atom. The highest BCUT2D eigenvalue weighted by Gasteiger charge is 2.31. The van der Waals surface area contributed by atoms with E-state index in [0.717, 1.165) is 32.7 Å². The molecular formula is C11H18N4O4. The Balaban J connectivity index is 1.64. The lowest BCUT2D eigenvalue weighted by atomic mass is 10.2. The molecule has 1 unspecified atom stereocenters. The van der Waals surface area contributed by atoms with Crippen molar-refractivity contribution in [2.75, 3.05) is 39.3 Å². The summed E-state index contributed by atoms with van der Waals surface area (Å²) in [6.07, 6.45) is -0.788. The summed E-state index contributed by atoms with van der Waals surface area (Å²) in [6.45, 7) is 5.20. The molecule has 8 nitrogen and oxygen atoms in total. The van der Waals surface area contributed by atoms with Crippen LogP contribution in [0.5, 0.6) is 0 Å². The van der Waals surface area contributed by atoms with Gasteiger partial charge in [0.1, 0.15) is 0 Å². The molecule has 0 radical (unpaired) electrons. The minimum atomic E-state index is -1.14. The average molecular weight is 270 g/mol. The first-order valence-corrected chi connectivity index (χ1v) is 6.33.